The van der Waals surface area contributed by atoms with Gasteiger partial charge in [0, 0.05) is 31.6 Å². The third kappa shape index (κ3) is 4.89. The van der Waals surface area contributed by atoms with Gasteiger partial charge in [0.15, 0.2) is 0 Å². The Balaban J connectivity index is 1.75. The van der Waals surface area contributed by atoms with Crippen LogP contribution >= 0.6 is 0 Å². The first kappa shape index (κ1) is 19.9. The molecule has 4 heteroatoms. The minimum absolute atomic E-state index is 0.0515. The lowest BCUT2D eigenvalue weighted by molar-refractivity contribution is -0.132. The topological polar surface area (TPSA) is 49.4 Å². The van der Waals surface area contributed by atoms with Crippen LogP contribution in [0.3, 0.4) is 0 Å². The molecule has 2 amide bonds. The van der Waals surface area contributed by atoms with Crippen LogP contribution in [0.4, 0.5) is 5.69 Å². The first-order chi connectivity index (χ1) is 13.6. The maximum Gasteiger partial charge on any atom is 0.222 e. The van der Waals surface area contributed by atoms with Crippen molar-refractivity contribution in [2.45, 2.75) is 45.6 Å². The number of benzene rings is 2. The lowest BCUT2D eigenvalue weighted by Gasteiger charge is -2.35. The Kier molecular flexibility index (Phi) is 6.64. The van der Waals surface area contributed by atoms with Gasteiger partial charge in [-0.3, -0.25) is 9.59 Å². The van der Waals surface area contributed by atoms with E-state index in [9.17, 15) is 9.59 Å². The molecule has 1 unspecified atom stereocenters. The number of fused-ring (bicyclic) bond motifs is 1. The Labute approximate surface area is 167 Å². The molecular formula is C24H28N2O2. The molecule has 1 N–H and O–H groups in total. The van der Waals surface area contributed by atoms with E-state index in [0.29, 0.717) is 13.0 Å². The van der Waals surface area contributed by atoms with Gasteiger partial charge >= 0.3 is 0 Å². The number of rotatable bonds is 6. The molecule has 4 nitrogen and oxygen atoms in total. The fourth-order valence-corrected chi connectivity index (χ4v) is 3.88. The van der Waals surface area contributed by atoms with Gasteiger partial charge in [-0.25, -0.2) is 0 Å². The van der Waals surface area contributed by atoms with Gasteiger partial charge in [-0.05, 0) is 42.0 Å². The van der Waals surface area contributed by atoms with Gasteiger partial charge in [0.1, 0.15) is 0 Å². The highest BCUT2D eigenvalue weighted by molar-refractivity contribution is 5.89. The van der Waals surface area contributed by atoms with E-state index in [0.717, 1.165) is 30.5 Å². The highest BCUT2D eigenvalue weighted by Gasteiger charge is 2.27. The molecule has 3 rings (SSSR count). The van der Waals surface area contributed by atoms with Crippen LogP contribution in [0.2, 0.25) is 0 Å². The number of hydrogen-bond donors (Lipinski definition) is 1. The van der Waals surface area contributed by atoms with E-state index >= 15 is 0 Å². The molecule has 2 aromatic carbocycles. The molecule has 0 bridgehead atoms. The van der Waals surface area contributed by atoms with Gasteiger partial charge < -0.3 is 10.2 Å². The number of carbonyl (C=O) groups is 2. The molecule has 146 valence electrons. The normalized spacial score (nSPS) is 15.9. The van der Waals surface area contributed by atoms with E-state index < -0.39 is 0 Å². The van der Waals surface area contributed by atoms with E-state index in [4.69, 9.17) is 0 Å². The molecule has 28 heavy (non-hydrogen) atoms. The van der Waals surface area contributed by atoms with Crippen molar-refractivity contribution in [3.8, 4) is 0 Å². The van der Waals surface area contributed by atoms with Crippen LogP contribution < -0.4 is 5.32 Å². The minimum atomic E-state index is -0.0515. The molecule has 0 saturated heterocycles. The highest BCUT2D eigenvalue weighted by atomic mass is 16.2. The summed E-state index contributed by atoms with van der Waals surface area (Å²) in [5.74, 6) is 0.133. The molecule has 1 aliphatic rings. The van der Waals surface area contributed by atoms with E-state index in [1.165, 1.54) is 18.1 Å². The maximum absolute atomic E-state index is 12.6. The van der Waals surface area contributed by atoms with Crippen LogP contribution in [0.15, 0.2) is 54.6 Å². The molecule has 1 aliphatic carbocycles. The summed E-state index contributed by atoms with van der Waals surface area (Å²) in [6, 6.07) is 16.4. The molecular weight excluding hydrogens is 348 g/mol. The zero-order valence-electron chi connectivity index (χ0n) is 16.7. The van der Waals surface area contributed by atoms with Crippen LogP contribution in [0.25, 0.3) is 6.08 Å². The van der Waals surface area contributed by atoms with Crippen molar-refractivity contribution in [1.82, 2.24) is 4.90 Å². The number of nitrogens with one attached hydrogen (secondary N) is 1. The average Bonchev–Trinajstić information content (AvgIpc) is 2.71. The van der Waals surface area contributed by atoms with Crippen LogP contribution in [-0.2, 0) is 22.4 Å². The second-order valence-electron chi connectivity index (χ2n) is 7.23. The lowest BCUT2D eigenvalue weighted by atomic mass is 9.86. The summed E-state index contributed by atoms with van der Waals surface area (Å²) in [7, 11) is 0. The van der Waals surface area contributed by atoms with Crippen molar-refractivity contribution in [1.29, 1.82) is 0 Å². The van der Waals surface area contributed by atoms with Gasteiger partial charge in [0.05, 0.1) is 0 Å². The summed E-state index contributed by atoms with van der Waals surface area (Å²) in [6.07, 6.45) is 7.26. The average molecular weight is 377 g/mol. The Morgan fingerprint density at radius 1 is 1.14 bits per heavy atom. The van der Waals surface area contributed by atoms with Crippen molar-refractivity contribution in [3.63, 3.8) is 0 Å². The van der Waals surface area contributed by atoms with Gasteiger partial charge in [-0.1, -0.05) is 61.5 Å². The van der Waals surface area contributed by atoms with Crippen LogP contribution in [0.1, 0.15) is 43.4 Å². The van der Waals surface area contributed by atoms with Crippen molar-refractivity contribution in [2.75, 3.05) is 11.9 Å². The van der Waals surface area contributed by atoms with Crippen molar-refractivity contribution in [3.05, 3.63) is 71.3 Å². The monoisotopic (exact) mass is 376 g/mol. The number of carbonyl (C=O) groups excluding carboxylic acids is 2. The second-order valence-corrected chi connectivity index (χ2v) is 7.23. The Morgan fingerprint density at radius 3 is 2.64 bits per heavy atom. The third-order valence-corrected chi connectivity index (χ3v) is 5.24. The quantitative estimate of drug-likeness (QED) is 0.809. The molecule has 0 heterocycles. The zero-order valence-corrected chi connectivity index (χ0v) is 16.7. The summed E-state index contributed by atoms with van der Waals surface area (Å²) in [6.45, 7) is 4.07. The van der Waals surface area contributed by atoms with Crippen LogP contribution in [0, 0.1) is 0 Å². The number of hydrogen-bond acceptors (Lipinski definition) is 2. The fourth-order valence-electron chi connectivity index (χ4n) is 3.88. The molecule has 0 aromatic heterocycles. The van der Waals surface area contributed by atoms with Crippen molar-refractivity contribution < 1.29 is 9.59 Å². The summed E-state index contributed by atoms with van der Waals surface area (Å²) in [5, 5.41) is 2.93. The van der Waals surface area contributed by atoms with E-state index in [1.54, 1.807) is 0 Å². The SMILES string of the molecule is CCC(=O)N(C/C=C/c1ccccc1)C1CCc2c(cccc2NC(C)=O)C1. The lowest BCUT2D eigenvalue weighted by Crippen LogP contribution is -2.43. The smallest absolute Gasteiger partial charge is 0.222 e. The predicted molar refractivity (Wildman–Crippen MR) is 114 cm³/mol. The highest BCUT2D eigenvalue weighted by Crippen LogP contribution is 2.30. The summed E-state index contributed by atoms with van der Waals surface area (Å²) >= 11 is 0. The molecule has 1 atom stereocenters. The fraction of sp³-hybridized carbons (Fsp3) is 0.333. The Hall–Kier alpha value is -2.88. The van der Waals surface area contributed by atoms with Gasteiger partial charge in [0.2, 0.25) is 11.8 Å². The zero-order chi connectivity index (χ0) is 19.9. The molecule has 0 fully saturated rings. The van der Waals surface area contributed by atoms with Crippen molar-refractivity contribution in [2.24, 2.45) is 0 Å². The van der Waals surface area contributed by atoms with Gasteiger partial charge in [-0.2, -0.15) is 0 Å². The molecule has 2 aromatic rings. The van der Waals surface area contributed by atoms with Gasteiger partial charge in [0.25, 0.3) is 0 Å². The Bertz CT molecular complexity index is 858. The van der Waals surface area contributed by atoms with E-state index in [-0.39, 0.29) is 17.9 Å². The van der Waals surface area contributed by atoms with Crippen LogP contribution in [-0.4, -0.2) is 29.3 Å². The standard InChI is InChI=1S/C24H28N2O2/c1-3-24(28)26(16-8-11-19-9-5-4-6-10-19)21-14-15-22-20(17-21)12-7-13-23(22)25-18(2)27/h4-13,21H,3,14-17H2,1-2H3,(H,25,27)/b11-8+. The predicted octanol–water partition coefficient (Wildman–Crippen LogP) is 4.45. The first-order valence-corrected chi connectivity index (χ1v) is 9.98. The van der Waals surface area contributed by atoms with Crippen LogP contribution in [0.5, 0.6) is 0 Å². The summed E-state index contributed by atoms with van der Waals surface area (Å²) < 4.78 is 0. The first-order valence-electron chi connectivity index (χ1n) is 9.98. The second kappa shape index (κ2) is 9.36. The largest absolute Gasteiger partial charge is 0.336 e. The summed E-state index contributed by atoms with van der Waals surface area (Å²) in [5.41, 5.74) is 4.47. The molecule has 0 radical (unpaired) electrons. The number of nitrogens with zero attached hydrogens (tertiary/aromatic N) is 1. The minimum Gasteiger partial charge on any atom is -0.336 e. The number of anilines is 1. The maximum atomic E-state index is 12.6. The third-order valence-electron chi connectivity index (χ3n) is 5.24. The van der Waals surface area contributed by atoms with Crippen molar-refractivity contribution >= 4 is 23.6 Å². The van der Waals surface area contributed by atoms with E-state index in [2.05, 4.69) is 35.7 Å². The van der Waals surface area contributed by atoms with E-state index in [1.807, 2.05) is 42.2 Å². The molecule has 0 saturated carbocycles. The summed E-state index contributed by atoms with van der Waals surface area (Å²) in [4.78, 5) is 26.1. The molecule has 0 spiro atoms. The Morgan fingerprint density at radius 2 is 1.93 bits per heavy atom. The van der Waals surface area contributed by atoms with Gasteiger partial charge in [-0.15, -0.1) is 0 Å². The number of amides is 2. The molecule has 0 aliphatic heterocycles.